The number of nitrogens with one attached hydrogen (secondary N) is 2. The number of carboxylic acid groups (broad SMARTS) is 1. The van der Waals surface area contributed by atoms with Crippen molar-refractivity contribution in [1.29, 1.82) is 0 Å². The number of carbonyl (C=O) groups excluding carboxylic acids is 1. The number of anilines is 1. The van der Waals surface area contributed by atoms with Crippen molar-refractivity contribution in [1.82, 2.24) is 20.5 Å². The number of rotatable bonds is 6. The molecule has 0 spiro atoms. The van der Waals surface area contributed by atoms with Crippen LogP contribution in [0.1, 0.15) is 37.7 Å². The second-order valence-electron chi connectivity index (χ2n) is 10.9. The number of carbonyl (C=O) groups is 2. The highest BCUT2D eigenvalue weighted by Gasteiger charge is 2.55. The predicted octanol–water partition coefficient (Wildman–Crippen LogP) is 2.80. The van der Waals surface area contributed by atoms with Gasteiger partial charge < -0.3 is 20.6 Å². The maximum absolute atomic E-state index is 12.9. The monoisotopic (exact) mass is 495 g/mol. The molecule has 2 unspecified atom stereocenters. The topological polar surface area (TPSA) is 97.8 Å². The molecule has 6 rings (SSSR count). The Hall–Kier alpha value is -2.56. The van der Waals surface area contributed by atoms with Gasteiger partial charge in [0.05, 0.1) is 12.1 Å². The molecule has 5 fully saturated rings. The number of halogens is 3. The van der Waals surface area contributed by atoms with E-state index >= 15 is 0 Å². The van der Waals surface area contributed by atoms with Crippen LogP contribution in [-0.4, -0.2) is 72.3 Å². The lowest BCUT2D eigenvalue weighted by molar-refractivity contribution is -0.137. The lowest BCUT2D eigenvalue weighted by Crippen LogP contribution is -2.62. The van der Waals surface area contributed by atoms with Crippen LogP contribution in [0.3, 0.4) is 0 Å². The summed E-state index contributed by atoms with van der Waals surface area (Å²) in [6, 6.07) is 2.61. The molecular formula is C24H32F3N5O3. The third-order valence-electron chi connectivity index (χ3n) is 8.48. The fourth-order valence-electron chi connectivity index (χ4n) is 7.22. The van der Waals surface area contributed by atoms with Gasteiger partial charge in [0.1, 0.15) is 5.82 Å². The third-order valence-corrected chi connectivity index (χ3v) is 8.48. The Morgan fingerprint density at radius 2 is 1.77 bits per heavy atom. The minimum atomic E-state index is -4.40. The normalized spacial score (nSPS) is 32.5. The standard InChI is InChI=1S/C24H32F3N5O3/c25-24(26,27)18-1-2-19(28-12-18)32-5-3-31(4-6-32)13-20(33)30-21-16-7-15-8-17(21)11-23(9-15,10-16)14-29-22(34)35/h1-2,12,15-17,21,29H,3-11,13-14H2,(H,30,33)(H,34,35). The van der Waals surface area contributed by atoms with E-state index in [1.807, 2.05) is 4.90 Å². The number of amides is 2. The van der Waals surface area contributed by atoms with Crippen LogP contribution < -0.4 is 15.5 Å². The van der Waals surface area contributed by atoms with E-state index in [0.29, 0.717) is 62.8 Å². The zero-order valence-corrected chi connectivity index (χ0v) is 19.6. The molecule has 0 radical (unpaired) electrons. The van der Waals surface area contributed by atoms with E-state index in [0.717, 1.165) is 44.4 Å². The molecular weight excluding hydrogens is 463 g/mol. The number of piperazine rings is 1. The molecule has 8 nitrogen and oxygen atoms in total. The van der Waals surface area contributed by atoms with E-state index in [1.54, 1.807) is 0 Å². The summed E-state index contributed by atoms with van der Waals surface area (Å²) < 4.78 is 38.3. The molecule has 2 atom stereocenters. The molecule has 2 heterocycles. The first kappa shape index (κ1) is 24.1. The van der Waals surface area contributed by atoms with Crippen molar-refractivity contribution in [2.45, 2.75) is 44.3 Å². The summed E-state index contributed by atoms with van der Waals surface area (Å²) in [5.41, 5.74) is -0.718. The second kappa shape index (κ2) is 9.15. The van der Waals surface area contributed by atoms with Crippen LogP contribution in [0.4, 0.5) is 23.8 Å². The molecule has 4 bridgehead atoms. The fraction of sp³-hybridized carbons (Fsp3) is 0.708. The molecule has 1 aromatic heterocycles. The molecule has 5 aliphatic rings. The zero-order valence-electron chi connectivity index (χ0n) is 19.6. The average molecular weight is 496 g/mol. The average Bonchev–Trinajstić information content (AvgIpc) is 2.80. The van der Waals surface area contributed by atoms with Gasteiger partial charge in [0, 0.05) is 45.0 Å². The van der Waals surface area contributed by atoms with E-state index in [9.17, 15) is 22.8 Å². The Morgan fingerprint density at radius 3 is 2.34 bits per heavy atom. The van der Waals surface area contributed by atoms with Crippen LogP contribution in [-0.2, 0) is 11.0 Å². The minimum Gasteiger partial charge on any atom is -0.465 e. The number of pyridine rings is 1. The van der Waals surface area contributed by atoms with Gasteiger partial charge in [0.2, 0.25) is 5.91 Å². The van der Waals surface area contributed by atoms with Crippen molar-refractivity contribution < 1.29 is 27.9 Å². The number of hydrogen-bond acceptors (Lipinski definition) is 5. The summed E-state index contributed by atoms with van der Waals surface area (Å²) in [5, 5.41) is 14.9. The Balaban J connectivity index is 1.10. The summed E-state index contributed by atoms with van der Waals surface area (Å²) in [5.74, 6) is 1.97. The quantitative estimate of drug-likeness (QED) is 0.562. The van der Waals surface area contributed by atoms with E-state index in [4.69, 9.17) is 5.11 Å². The molecule has 11 heteroatoms. The third kappa shape index (κ3) is 5.19. The molecule has 35 heavy (non-hydrogen) atoms. The van der Waals surface area contributed by atoms with Crippen LogP contribution in [0.2, 0.25) is 0 Å². The van der Waals surface area contributed by atoms with Gasteiger partial charge in [-0.3, -0.25) is 9.69 Å². The molecule has 3 N–H and O–H groups in total. The van der Waals surface area contributed by atoms with Crippen LogP contribution in [0.5, 0.6) is 0 Å². The van der Waals surface area contributed by atoms with E-state index < -0.39 is 17.8 Å². The van der Waals surface area contributed by atoms with Crippen molar-refractivity contribution in [2.75, 3.05) is 44.2 Å². The first-order valence-electron chi connectivity index (χ1n) is 12.4. The summed E-state index contributed by atoms with van der Waals surface area (Å²) in [7, 11) is 0. The SMILES string of the molecule is O=C(O)NCC12CC3CC(C1)C(NC(=O)CN1CCN(c4ccc(C(F)(F)F)cn4)CC1)C(C3)C2. The van der Waals surface area contributed by atoms with E-state index in [1.165, 1.54) is 6.07 Å². The van der Waals surface area contributed by atoms with Gasteiger partial charge in [-0.05, 0) is 67.4 Å². The van der Waals surface area contributed by atoms with Crippen LogP contribution in [0.25, 0.3) is 0 Å². The van der Waals surface area contributed by atoms with Gasteiger partial charge in [-0.1, -0.05) is 0 Å². The Bertz CT molecular complexity index is 933. The zero-order chi connectivity index (χ0) is 24.8. The van der Waals surface area contributed by atoms with Gasteiger partial charge >= 0.3 is 12.3 Å². The number of hydrogen-bond donors (Lipinski definition) is 3. The van der Waals surface area contributed by atoms with Gasteiger partial charge in [-0.25, -0.2) is 9.78 Å². The van der Waals surface area contributed by atoms with Crippen LogP contribution >= 0.6 is 0 Å². The molecule has 2 amide bonds. The Morgan fingerprint density at radius 1 is 1.09 bits per heavy atom. The van der Waals surface area contributed by atoms with Gasteiger partial charge in [0.15, 0.2) is 0 Å². The van der Waals surface area contributed by atoms with Crippen molar-refractivity contribution in [2.24, 2.45) is 23.2 Å². The highest BCUT2D eigenvalue weighted by atomic mass is 19.4. The first-order chi connectivity index (χ1) is 16.6. The molecule has 4 aliphatic carbocycles. The molecule has 192 valence electrons. The maximum Gasteiger partial charge on any atom is 0.417 e. The largest absolute Gasteiger partial charge is 0.465 e. The molecule has 1 aromatic rings. The Labute approximate surface area is 202 Å². The fourth-order valence-corrected chi connectivity index (χ4v) is 7.22. The predicted molar refractivity (Wildman–Crippen MR) is 122 cm³/mol. The minimum absolute atomic E-state index is 0.0151. The summed E-state index contributed by atoms with van der Waals surface area (Å²) in [6.45, 7) is 3.28. The van der Waals surface area contributed by atoms with Crippen LogP contribution in [0.15, 0.2) is 18.3 Å². The lowest BCUT2D eigenvalue weighted by atomic mass is 9.48. The highest BCUT2D eigenvalue weighted by Crippen LogP contribution is 2.59. The van der Waals surface area contributed by atoms with Crippen LogP contribution in [0, 0.1) is 23.2 Å². The first-order valence-corrected chi connectivity index (χ1v) is 12.4. The smallest absolute Gasteiger partial charge is 0.417 e. The second-order valence-corrected chi connectivity index (χ2v) is 10.9. The molecule has 0 aromatic carbocycles. The molecule has 1 aliphatic heterocycles. The Kier molecular flexibility index (Phi) is 6.31. The van der Waals surface area contributed by atoms with Gasteiger partial charge in [-0.2, -0.15) is 13.2 Å². The van der Waals surface area contributed by atoms with Gasteiger partial charge in [0.25, 0.3) is 0 Å². The number of aromatic nitrogens is 1. The van der Waals surface area contributed by atoms with Crippen molar-refractivity contribution in [3.63, 3.8) is 0 Å². The summed E-state index contributed by atoms with van der Waals surface area (Å²) in [6.07, 6.45) is 0.712. The maximum atomic E-state index is 12.9. The summed E-state index contributed by atoms with van der Waals surface area (Å²) >= 11 is 0. The molecule has 4 saturated carbocycles. The van der Waals surface area contributed by atoms with Crippen molar-refractivity contribution >= 4 is 17.8 Å². The molecule has 1 saturated heterocycles. The summed E-state index contributed by atoms with van der Waals surface area (Å²) in [4.78, 5) is 31.9. The highest BCUT2D eigenvalue weighted by molar-refractivity contribution is 5.78. The lowest BCUT2D eigenvalue weighted by Gasteiger charge is -2.60. The number of alkyl halides is 3. The van der Waals surface area contributed by atoms with E-state index in [2.05, 4.69) is 20.5 Å². The van der Waals surface area contributed by atoms with Crippen molar-refractivity contribution in [3.8, 4) is 0 Å². The van der Waals surface area contributed by atoms with E-state index in [-0.39, 0.29) is 17.4 Å². The van der Waals surface area contributed by atoms with Crippen molar-refractivity contribution in [3.05, 3.63) is 23.9 Å². The van der Waals surface area contributed by atoms with Gasteiger partial charge in [-0.15, -0.1) is 0 Å². The number of nitrogens with zero attached hydrogens (tertiary/aromatic N) is 3.